The zero-order valence-electron chi connectivity index (χ0n) is 19.4. The van der Waals surface area contributed by atoms with Crippen molar-refractivity contribution in [3.05, 3.63) is 45.5 Å². The second-order valence-electron chi connectivity index (χ2n) is 9.08. The first-order valence-electron chi connectivity index (χ1n) is 11.0. The quantitative estimate of drug-likeness (QED) is 0.670. The number of benzene rings is 1. The molecule has 2 aliphatic heterocycles. The SMILES string of the molecule is CCC1NC(C(=O)O)=C(SC2CC(C(=O)N(C)C)N(Cc3ccc(C)cc3C)C2)C1C. The number of hydrogen-bond acceptors (Lipinski definition) is 5. The Morgan fingerprint density at radius 2 is 2.00 bits per heavy atom. The third kappa shape index (κ3) is 5.09. The minimum atomic E-state index is -0.892. The topological polar surface area (TPSA) is 72.9 Å². The Balaban J connectivity index is 1.82. The summed E-state index contributed by atoms with van der Waals surface area (Å²) in [6, 6.07) is 6.42. The number of carbonyl (C=O) groups is 2. The number of hydrogen-bond donors (Lipinski definition) is 2. The maximum absolute atomic E-state index is 13.0. The fraction of sp³-hybridized carbons (Fsp3) is 0.583. The maximum atomic E-state index is 13.0. The van der Waals surface area contributed by atoms with Gasteiger partial charge in [-0.1, -0.05) is 37.6 Å². The standard InChI is InChI=1S/C24H35N3O3S/c1-7-19-16(4)22(21(25-19)24(29)30)31-18-11-20(23(28)26(5)6)27(13-18)12-17-9-8-14(2)10-15(17)3/h8-10,16,18-20,25H,7,11-13H2,1-6H3,(H,29,30). The number of thioether (sulfide) groups is 1. The van der Waals surface area contributed by atoms with E-state index >= 15 is 0 Å². The van der Waals surface area contributed by atoms with Crippen LogP contribution in [-0.4, -0.2) is 64.8 Å². The highest BCUT2D eigenvalue weighted by molar-refractivity contribution is 8.03. The molecule has 1 saturated heterocycles. The number of nitrogens with one attached hydrogen (secondary N) is 1. The van der Waals surface area contributed by atoms with Crippen LogP contribution in [0.5, 0.6) is 0 Å². The Morgan fingerprint density at radius 1 is 1.29 bits per heavy atom. The van der Waals surface area contributed by atoms with Gasteiger partial charge in [0.2, 0.25) is 5.91 Å². The number of amides is 1. The molecule has 0 bridgehead atoms. The van der Waals surface area contributed by atoms with Crippen molar-refractivity contribution in [2.75, 3.05) is 20.6 Å². The molecule has 6 nitrogen and oxygen atoms in total. The van der Waals surface area contributed by atoms with Gasteiger partial charge < -0.3 is 15.3 Å². The van der Waals surface area contributed by atoms with Gasteiger partial charge in [-0.2, -0.15) is 0 Å². The fourth-order valence-electron chi connectivity index (χ4n) is 4.68. The molecular formula is C24H35N3O3S. The van der Waals surface area contributed by atoms with Gasteiger partial charge >= 0.3 is 5.97 Å². The normalized spacial score (nSPS) is 26.3. The molecule has 4 atom stereocenters. The predicted molar refractivity (Wildman–Crippen MR) is 126 cm³/mol. The third-order valence-electron chi connectivity index (χ3n) is 6.50. The third-order valence-corrected chi connectivity index (χ3v) is 8.01. The first kappa shape index (κ1) is 23.7. The van der Waals surface area contributed by atoms with Crippen molar-refractivity contribution >= 4 is 23.6 Å². The largest absolute Gasteiger partial charge is 0.477 e. The second-order valence-corrected chi connectivity index (χ2v) is 10.4. The summed E-state index contributed by atoms with van der Waals surface area (Å²) >= 11 is 1.66. The molecule has 31 heavy (non-hydrogen) atoms. The smallest absolute Gasteiger partial charge is 0.352 e. The van der Waals surface area contributed by atoms with Crippen LogP contribution < -0.4 is 5.32 Å². The fourth-order valence-corrected chi connectivity index (χ4v) is 6.23. The number of likely N-dealkylation sites (tertiary alicyclic amines) is 1. The summed E-state index contributed by atoms with van der Waals surface area (Å²) in [4.78, 5) is 29.6. The molecule has 0 radical (unpaired) electrons. The highest BCUT2D eigenvalue weighted by atomic mass is 32.2. The number of carboxylic acids is 1. The van der Waals surface area contributed by atoms with E-state index in [0.29, 0.717) is 5.70 Å². The van der Waals surface area contributed by atoms with Gasteiger partial charge in [0.15, 0.2) is 0 Å². The Kier molecular flexibility index (Phi) is 7.37. The molecule has 0 aromatic heterocycles. The monoisotopic (exact) mass is 445 g/mol. The van der Waals surface area contributed by atoms with Gasteiger partial charge in [0.25, 0.3) is 0 Å². The number of carboxylic acid groups (broad SMARTS) is 1. The molecule has 2 heterocycles. The summed E-state index contributed by atoms with van der Waals surface area (Å²) in [6.45, 7) is 9.88. The Labute approximate surface area is 190 Å². The van der Waals surface area contributed by atoms with Crippen molar-refractivity contribution in [1.82, 2.24) is 15.1 Å². The van der Waals surface area contributed by atoms with E-state index < -0.39 is 5.97 Å². The van der Waals surface area contributed by atoms with E-state index in [4.69, 9.17) is 0 Å². The van der Waals surface area contributed by atoms with E-state index in [2.05, 4.69) is 56.1 Å². The summed E-state index contributed by atoms with van der Waals surface area (Å²) in [5, 5.41) is 13.1. The Hall–Kier alpha value is -1.99. The van der Waals surface area contributed by atoms with E-state index in [0.717, 1.165) is 30.8 Å². The molecule has 3 rings (SSSR count). The van der Waals surface area contributed by atoms with Crippen LogP contribution in [0.3, 0.4) is 0 Å². The highest BCUT2D eigenvalue weighted by Gasteiger charge is 2.41. The molecule has 170 valence electrons. The number of likely N-dealkylation sites (N-methyl/N-ethyl adjacent to an activating group) is 1. The lowest BCUT2D eigenvalue weighted by atomic mass is 10.0. The van der Waals surface area contributed by atoms with Crippen LogP contribution in [0.4, 0.5) is 0 Å². The average molecular weight is 446 g/mol. The zero-order valence-corrected chi connectivity index (χ0v) is 20.3. The van der Waals surface area contributed by atoms with E-state index in [-0.39, 0.29) is 29.2 Å². The summed E-state index contributed by atoms with van der Waals surface area (Å²) in [5.74, 6) is -0.613. The van der Waals surface area contributed by atoms with Gasteiger partial charge in [0.1, 0.15) is 5.70 Å². The van der Waals surface area contributed by atoms with Crippen molar-refractivity contribution in [3.63, 3.8) is 0 Å². The molecule has 1 amide bonds. The number of nitrogens with zero attached hydrogens (tertiary/aromatic N) is 2. The molecule has 2 N–H and O–H groups in total. The lowest BCUT2D eigenvalue weighted by Gasteiger charge is -2.26. The molecule has 0 aliphatic carbocycles. The van der Waals surface area contributed by atoms with Crippen molar-refractivity contribution in [3.8, 4) is 0 Å². The molecule has 1 fully saturated rings. The molecular weight excluding hydrogens is 410 g/mol. The average Bonchev–Trinajstić information content (AvgIpc) is 3.24. The van der Waals surface area contributed by atoms with Gasteiger partial charge in [-0.15, -0.1) is 11.8 Å². The van der Waals surface area contributed by atoms with Crippen molar-refractivity contribution in [2.24, 2.45) is 5.92 Å². The molecule has 7 heteroatoms. The van der Waals surface area contributed by atoms with E-state index in [1.165, 1.54) is 16.7 Å². The van der Waals surface area contributed by atoms with Gasteiger partial charge in [0.05, 0.1) is 6.04 Å². The molecule has 0 spiro atoms. The number of rotatable bonds is 7. The lowest BCUT2D eigenvalue weighted by molar-refractivity contribution is -0.134. The number of aryl methyl sites for hydroxylation is 2. The van der Waals surface area contributed by atoms with Crippen LogP contribution in [0, 0.1) is 19.8 Å². The summed E-state index contributed by atoms with van der Waals surface area (Å²) in [5.41, 5.74) is 4.05. The van der Waals surface area contributed by atoms with Crippen LogP contribution in [0.25, 0.3) is 0 Å². The van der Waals surface area contributed by atoms with Crippen LogP contribution in [0.15, 0.2) is 28.8 Å². The number of aliphatic carboxylic acids is 1. The zero-order chi connectivity index (χ0) is 22.9. The van der Waals surface area contributed by atoms with Crippen molar-refractivity contribution in [1.29, 1.82) is 0 Å². The van der Waals surface area contributed by atoms with Crippen molar-refractivity contribution in [2.45, 2.75) is 64.4 Å². The summed E-state index contributed by atoms with van der Waals surface area (Å²) in [6.07, 6.45) is 1.61. The van der Waals surface area contributed by atoms with E-state index in [9.17, 15) is 14.7 Å². The molecule has 1 aromatic rings. The first-order valence-corrected chi connectivity index (χ1v) is 11.9. The molecule has 4 unspecified atom stereocenters. The number of carbonyl (C=O) groups excluding carboxylic acids is 1. The Bertz CT molecular complexity index is 883. The molecule has 0 saturated carbocycles. The summed E-state index contributed by atoms with van der Waals surface area (Å²) < 4.78 is 0. The van der Waals surface area contributed by atoms with Gasteiger partial charge in [-0.05, 0) is 37.8 Å². The minimum Gasteiger partial charge on any atom is -0.477 e. The van der Waals surface area contributed by atoms with Gasteiger partial charge in [-0.3, -0.25) is 9.69 Å². The summed E-state index contributed by atoms with van der Waals surface area (Å²) in [7, 11) is 3.61. The maximum Gasteiger partial charge on any atom is 0.352 e. The van der Waals surface area contributed by atoms with Crippen LogP contribution in [0.2, 0.25) is 0 Å². The van der Waals surface area contributed by atoms with Gasteiger partial charge in [0, 0.05) is 49.3 Å². The molecule has 2 aliphatic rings. The highest BCUT2D eigenvalue weighted by Crippen LogP contribution is 2.42. The van der Waals surface area contributed by atoms with Gasteiger partial charge in [-0.25, -0.2) is 4.79 Å². The predicted octanol–water partition coefficient (Wildman–Crippen LogP) is 3.38. The van der Waals surface area contributed by atoms with Crippen molar-refractivity contribution < 1.29 is 14.7 Å². The second kappa shape index (κ2) is 9.65. The lowest BCUT2D eigenvalue weighted by Crippen LogP contribution is -2.42. The van der Waals surface area contributed by atoms with Crippen LogP contribution in [-0.2, 0) is 16.1 Å². The van der Waals surface area contributed by atoms with E-state index in [1.54, 1.807) is 30.8 Å². The van der Waals surface area contributed by atoms with Crippen LogP contribution in [0.1, 0.15) is 43.4 Å². The van der Waals surface area contributed by atoms with Crippen LogP contribution >= 0.6 is 11.8 Å². The minimum absolute atomic E-state index is 0.115. The molecule has 1 aromatic carbocycles. The Morgan fingerprint density at radius 3 is 2.58 bits per heavy atom. The van der Waals surface area contributed by atoms with E-state index in [1.807, 2.05) is 0 Å². The first-order chi connectivity index (χ1) is 14.6.